The van der Waals surface area contributed by atoms with E-state index in [1.165, 1.54) is 51.4 Å². The molecule has 1 nitrogen and oxygen atoms in total. The number of rotatable bonds is 3. The third kappa shape index (κ3) is 3.23. The van der Waals surface area contributed by atoms with Gasteiger partial charge in [0.2, 0.25) is 0 Å². The molecule has 2 saturated carbocycles. The second-order valence-electron chi connectivity index (χ2n) is 6.26. The largest absolute Gasteiger partial charge is 0.384 e. The van der Waals surface area contributed by atoms with Gasteiger partial charge in [-0.1, -0.05) is 19.8 Å². The Labute approximate surface area is 101 Å². The average molecular weight is 224 g/mol. The van der Waals surface area contributed by atoms with Gasteiger partial charge >= 0.3 is 0 Å². The Kier molecular flexibility index (Phi) is 4.69. The molecule has 0 atom stereocenters. The van der Waals surface area contributed by atoms with Gasteiger partial charge in [0.05, 0.1) is 0 Å². The van der Waals surface area contributed by atoms with E-state index < -0.39 is 0 Å². The topological polar surface area (TPSA) is 9.23 Å². The summed E-state index contributed by atoms with van der Waals surface area (Å²) in [5.74, 6) is 3.99. The minimum Gasteiger partial charge on any atom is -0.384 e. The molecule has 0 bridgehead atoms. The molecule has 2 aliphatic rings. The molecule has 16 heavy (non-hydrogen) atoms. The van der Waals surface area contributed by atoms with Gasteiger partial charge in [-0.05, 0) is 62.2 Å². The zero-order valence-corrected chi connectivity index (χ0v) is 11.1. The van der Waals surface area contributed by atoms with Gasteiger partial charge in [-0.15, -0.1) is 0 Å². The van der Waals surface area contributed by atoms with Crippen LogP contribution < -0.4 is 0 Å². The van der Waals surface area contributed by atoms with E-state index in [1.807, 2.05) is 7.11 Å². The molecule has 0 radical (unpaired) electrons. The highest BCUT2D eigenvalue weighted by molar-refractivity contribution is 4.81. The maximum atomic E-state index is 5.28. The van der Waals surface area contributed by atoms with Crippen LogP contribution in [0.2, 0.25) is 0 Å². The van der Waals surface area contributed by atoms with Crippen LogP contribution in [-0.4, -0.2) is 13.7 Å². The van der Waals surface area contributed by atoms with Gasteiger partial charge in [0.1, 0.15) is 0 Å². The van der Waals surface area contributed by atoms with Crippen LogP contribution in [-0.2, 0) is 4.74 Å². The van der Waals surface area contributed by atoms with Crippen LogP contribution in [0.5, 0.6) is 0 Å². The highest BCUT2D eigenvalue weighted by atomic mass is 16.5. The summed E-state index contributed by atoms with van der Waals surface area (Å²) in [6.45, 7) is 3.42. The second-order valence-corrected chi connectivity index (χ2v) is 6.26. The van der Waals surface area contributed by atoms with Crippen LogP contribution in [0.1, 0.15) is 58.3 Å². The predicted octanol–water partition coefficient (Wildman–Crippen LogP) is 4.27. The molecule has 2 aliphatic carbocycles. The van der Waals surface area contributed by atoms with E-state index in [-0.39, 0.29) is 0 Å². The van der Waals surface area contributed by atoms with Crippen LogP contribution in [0.3, 0.4) is 0 Å². The summed E-state index contributed by atoms with van der Waals surface area (Å²) in [4.78, 5) is 0. The van der Waals surface area contributed by atoms with E-state index >= 15 is 0 Å². The smallest absolute Gasteiger partial charge is 0.0490 e. The zero-order chi connectivity index (χ0) is 11.4. The minimum absolute atomic E-state index is 0.865. The lowest BCUT2D eigenvalue weighted by Gasteiger charge is -2.37. The van der Waals surface area contributed by atoms with Gasteiger partial charge in [-0.3, -0.25) is 0 Å². The van der Waals surface area contributed by atoms with Crippen LogP contribution in [0.25, 0.3) is 0 Å². The maximum absolute atomic E-state index is 5.28. The lowest BCUT2D eigenvalue weighted by Crippen LogP contribution is -2.26. The molecule has 94 valence electrons. The van der Waals surface area contributed by atoms with E-state index in [4.69, 9.17) is 4.74 Å². The fourth-order valence-corrected chi connectivity index (χ4v) is 3.82. The first-order valence-corrected chi connectivity index (χ1v) is 7.28. The highest BCUT2D eigenvalue weighted by Gasteiger charge is 2.29. The first-order chi connectivity index (χ1) is 7.79. The van der Waals surface area contributed by atoms with Crippen molar-refractivity contribution in [2.24, 2.45) is 23.7 Å². The summed E-state index contributed by atoms with van der Waals surface area (Å²) >= 11 is 0. The van der Waals surface area contributed by atoms with E-state index in [2.05, 4.69) is 6.92 Å². The van der Waals surface area contributed by atoms with Gasteiger partial charge in [-0.25, -0.2) is 0 Å². The standard InChI is InChI=1S/C15H28O/c1-12-3-7-14(8-4-12)15-9-5-13(6-10-15)11-16-2/h12-15H,3-11H2,1-2H3. The van der Waals surface area contributed by atoms with Crippen molar-refractivity contribution in [3.05, 3.63) is 0 Å². The molecule has 0 saturated heterocycles. The molecule has 2 fully saturated rings. The van der Waals surface area contributed by atoms with Gasteiger partial charge in [0.25, 0.3) is 0 Å². The molecule has 1 heteroatoms. The monoisotopic (exact) mass is 224 g/mol. The minimum atomic E-state index is 0.865. The quantitative estimate of drug-likeness (QED) is 0.696. The molecular weight excluding hydrogens is 196 g/mol. The summed E-state index contributed by atoms with van der Waals surface area (Å²) in [5, 5.41) is 0. The number of ether oxygens (including phenoxy) is 1. The first-order valence-electron chi connectivity index (χ1n) is 7.28. The molecular formula is C15H28O. The highest BCUT2D eigenvalue weighted by Crippen LogP contribution is 2.41. The molecule has 0 amide bonds. The van der Waals surface area contributed by atoms with Crippen LogP contribution >= 0.6 is 0 Å². The normalized spacial score (nSPS) is 40.9. The average Bonchev–Trinajstić information content (AvgIpc) is 2.32. The predicted molar refractivity (Wildman–Crippen MR) is 68.4 cm³/mol. The van der Waals surface area contributed by atoms with Crippen LogP contribution in [0.15, 0.2) is 0 Å². The molecule has 0 aromatic heterocycles. The van der Waals surface area contributed by atoms with E-state index in [0.29, 0.717) is 0 Å². The Morgan fingerprint density at radius 3 is 1.81 bits per heavy atom. The lowest BCUT2D eigenvalue weighted by molar-refractivity contribution is 0.0944. The van der Waals surface area contributed by atoms with Crippen molar-refractivity contribution in [3.8, 4) is 0 Å². The van der Waals surface area contributed by atoms with Crippen molar-refractivity contribution in [2.45, 2.75) is 58.3 Å². The van der Waals surface area contributed by atoms with Crippen molar-refractivity contribution in [2.75, 3.05) is 13.7 Å². The fraction of sp³-hybridized carbons (Fsp3) is 1.00. The van der Waals surface area contributed by atoms with Crippen molar-refractivity contribution < 1.29 is 4.74 Å². The van der Waals surface area contributed by atoms with E-state index in [1.54, 1.807) is 0 Å². The van der Waals surface area contributed by atoms with Crippen LogP contribution in [0, 0.1) is 23.7 Å². The summed E-state index contributed by atoms with van der Waals surface area (Å²) in [6, 6.07) is 0. The molecule has 0 aromatic carbocycles. The second kappa shape index (κ2) is 6.05. The Balaban J connectivity index is 1.72. The fourth-order valence-electron chi connectivity index (χ4n) is 3.82. The van der Waals surface area contributed by atoms with Gasteiger partial charge in [0.15, 0.2) is 0 Å². The van der Waals surface area contributed by atoms with Crippen molar-refractivity contribution >= 4 is 0 Å². The van der Waals surface area contributed by atoms with Gasteiger partial charge in [-0.2, -0.15) is 0 Å². The summed E-state index contributed by atoms with van der Waals surface area (Å²) in [6.07, 6.45) is 11.8. The Morgan fingerprint density at radius 1 is 0.812 bits per heavy atom. The Bertz CT molecular complexity index is 186. The van der Waals surface area contributed by atoms with Crippen molar-refractivity contribution in [1.82, 2.24) is 0 Å². The number of hydrogen-bond donors (Lipinski definition) is 0. The maximum Gasteiger partial charge on any atom is 0.0490 e. The first kappa shape index (κ1) is 12.4. The molecule has 0 N–H and O–H groups in total. The molecule has 2 rings (SSSR count). The third-order valence-electron chi connectivity index (χ3n) is 5.02. The summed E-state index contributed by atoms with van der Waals surface area (Å²) in [5.41, 5.74) is 0. The SMILES string of the molecule is COCC1CCC(C2CCC(C)CC2)CC1. The third-order valence-corrected chi connectivity index (χ3v) is 5.02. The lowest BCUT2D eigenvalue weighted by atomic mass is 9.69. The van der Waals surface area contributed by atoms with Crippen molar-refractivity contribution in [3.63, 3.8) is 0 Å². The summed E-state index contributed by atoms with van der Waals surface area (Å²) in [7, 11) is 1.84. The van der Waals surface area contributed by atoms with Gasteiger partial charge < -0.3 is 4.74 Å². The molecule has 0 spiro atoms. The molecule has 0 unspecified atom stereocenters. The molecule has 0 aromatic rings. The summed E-state index contributed by atoms with van der Waals surface area (Å²) < 4.78 is 5.28. The Morgan fingerprint density at radius 2 is 1.31 bits per heavy atom. The number of hydrogen-bond acceptors (Lipinski definition) is 1. The molecule has 0 aliphatic heterocycles. The zero-order valence-electron chi connectivity index (χ0n) is 11.1. The number of methoxy groups -OCH3 is 1. The van der Waals surface area contributed by atoms with Crippen LogP contribution in [0.4, 0.5) is 0 Å². The van der Waals surface area contributed by atoms with Gasteiger partial charge in [0, 0.05) is 13.7 Å². The van der Waals surface area contributed by atoms with E-state index in [0.717, 1.165) is 30.3 Å². The molecule has 0 heterocycles. The van der Waals surface area contributed by atoms with E-state index in [9.17, 15) is 0 Å². The van der Waals surface area contributed by atoms with Crippen molar-refractivity contribution in [1.29, 1.82) is 0 Å². The Hall–Kier alpha value is -0.0400.